The van der Waals surface area contributed by atoms with E-state index in [1.165, 1.54) is 6.07 Å². The first-order chi connectivity index (χ1) is 8.12. The Kier molecular flexibility index (Phi) is 4.16. The molecule has 0 aromatic heterocycles. The van der Waals surface area contributed by atoms with Crippen LogP contribution in [-0.4, -0.2) is 5.71 Å². The second-order valence-corrected chi connectivity index (χ2v) is 3.57. The van der Waals surface area contributed by atoms with Crippen LogP contribution in [0.25, 0.3) is 0 Å². The summed E-state index contributed by atoms with van der Waals surface area (Å²) >= 11 is 2.95. The van der Waals surface area contributed by atoms with Gasteiger partial charge in [-0.2, -0.15) is 20.9 Å². The Labute approximate surface area is 105 Å². The second kappa shape index (κ2) is 5.60. The number of anilines is 1. The molecule has 17 heavy (non-hydrogen) atoms. The summed E-state index contributed by atoms with van der Waals surface area (Å²) in [6, 6.07) is 7.16. The van der Waals surface area contributed by atoms with Crippen molar-refractivity contribution in [2.45, 2.75) is 0 Å². The van der Waals surface area contributed by atoms with Crippen LogP contribution >= 0.6 is 15.9 Å². The van der Waals surface area contributed by atoms with E-state index in [1.54, 1.807) is 18.2 Å². The minimum Gasteiger partial charge on any atom is -0.275 e. The van der Waals surface area contributed by atoms with E-state index >= 15 is 0 Å². The van der Waals surface area contributed by atoms with E-state index in [2.05, 4.69) is 26.5 Å². The smallest absolute Gasteiger partial charge is 0.237 e. The average Bonchev–Trinajstić information content (AvgIpc) is 2.34. The molecule has 5 nitrogen and oxygen atoms in total. The van der Waals surface area contributed by atoms with Gasteiger partial charge in [-0.25, -0.2) is 4.39 Å². The Balaban J connectivity index is 3.14. The number of hydrogen-bond donors (Lipinski definition) is 1. The van der Waals surface area contributed by atoms with Crippen molar-refractivity contribution in [2.24, 2.45) is 5.10 Å². The van der Waals surface area contributed by atoms with Gasteiger partial charge in [0, 0.05) is 0 Å². The molecule has 0 atom stereocenters. The maximum Gasteiger partial charge on any atom is 0.237 e. The molecule has 1 rings (SSSR count). The summed E-state index contributed by atoms with van der Waals surface area (Å²) in [5, 5.41) is 29.1. The molecule has 0 aliphatic heterocycles. The molecule has 0 radical (unpaired) electrons. The number of hydrazone groups is 1. The maximum atomic E-state index is 13.1. The van der Waals surface area contributed by atoms with Crippen LogP contribution < -0.4 is 5.43 Å². The maximum absolute atomic E-state index is 13.1. The van der Waals surface area contributed by atoms with Gasteiger partial charge in [-0.15, -0.1) is 0 Å². The lowest BCUT2D eigenvalue weighted by atomic mass is 10.2. The van der Waals surface area contributed by atoms with Crippen molar-refractivity contribution in [3.63, 3.8) is 0 Å². The number of rotatable bonds is 2. The lowest BCUT2D eigenvalue weighted by Crippen LogP contribution is -1.99. The molecule has 0 aliphatic rings. The van der Waals surface area contributed by atoms with Gasteiger partial charge in [-0.1, -0.05) is 0 Å². The number of nitrogens with zero attached hydrogens (tertiary/aromatic N) is 4. The SMILES string of the molecule is N#CC(C#N)=NNc1cc(Br)c(F)cc1C#N. The summed E-state index contributed by atoms with van der Waals surface area (Å²) in [7, 11) is 0. The van der Waals surface area contributed by atoms with E-state index in [0.29, 0.717) is 0 Å². The van der Waals surface area contributed by atoms with Crippen LogP contribution in [0.3, 0.4) is 0 Å². The van der Waals surface area contributed by atoms with Gasteiger partial charge >= 0.3 is 0 Å². The summed E-state index contributed by atoms with van der Waals surface area (Å²) in [5.74, 6) is -0.586. The molecule has 7 heteroatoms. The van der Waals surface area contributed by atoms with Gasteiger partial charge in [0.1, 0.15) is 24.0 Å². The van der Waals surface area contributed by atoms with E-state index in [4.69, 9.17) is 15.8 Å². The number of hydrogen-bond acceptors (Lipinski definition) is 5. The quantitative estimate of drug-likeness (QED) is 0.668. The van der Waals surface area contributed by atoms with E-state index < -0.39 is 11.5 Å². The van der Waals surface area contributed by atoms with E-state index in [1.807, 2.05) is 0 Å². The van der Waals surface area contributed by atoms with Gasteiger partial charge in [0.05, 0.1) is 15.7 Å². The minimum absolute atomic E-state index is 0.0182. The molecular formula is C10H3BrFN5. The van der Waals surface area contributed by atoms with Crippen LogP contribution in [0, 0.1) is 39.8 Å². The van der Waals surface area contributed by atoms with Crippen LogP contribution in [0.4, 0.5) is 10.1 Å². The Morgan fingerprint density at radius 1 is 1.29 bits per heavy atom. The number of nitriles is 3. The summed E-state index contributed by atoms with van der Waals surface area (Å²) in [6.07, 6.45) is 0. The van der Waals surface area contributed by atoms with Crippen molar-refractivity contribution in [3.8, 4) is 18.2 Å². The molecule has 0 bridgehead atoms. The Morgan fingerprint density at radius 2 is 1.94 bits per heavy atom. The molecule has 0 saturated carbocycles. The molecule has 0 amide bonds. The normalized spacial score (nSPS) is 8.41. The fourth-order valence-electron chi connectivity index (χ4n) is 0.923. The molecule has 0 heterocycles. The third-order valence-corrected chi connectivity index (χ3v) is 2.29. The molecular weight excluding hydrogens is 289 g/mol. The largest absolute Gasteiger partial charge is 0.275 e. The average molecular weight is 292 g/mol. The number of nitrogens with one attached hydrogen (secondary N) is 1. The van der Waals surface area contributed by atoms with Crippen molar-refractivity contribution in [1.82, 2.24) is 0 Å². The Bertz CT molecular complexity index is 587. The molecule has 0 unspecified atom stereocenters. The Morgan fingerprint density at radius 3 is 2.47 bits per heavy atom. The van der Waals surface area contributed by atoms with Crippen molar-refractivity contribution in [2.75, 3.05) is 5.43 Å². The third kappa shape index (κ3) is 3.01. The Hall–Kier alpha value is -2.43. The first-order valence-corrected chi connectivity index (χ1v) is 4.94. The summed E-state index contributed by atoms with van der Waals surface area (Å²) in [5.41, 5.74) is 2.18. The van der Waals surface area contributed by atoms with Crippen LogP contribution in [0.2, 0.25) is 0 Å². The van der Waals surface area contributed by atoms with Crippen LogP contribution in [-0.2, 0) is 0 Å². The van der Waals surface area contributed by atoms with Gasteiger partial charge < -0.3 is 0 Å². The first kappa shape index (κ1) is 12.6. The highest BCUT2D eigenvalue weighted by molar-refractivity contribution is 9.10. The van der Waals surface area contributed by atoms with Gasteiger partial charge in [0.2, 0.25) is 5.71 Å². The van der Waals surface area contributed by atoms with E-state index in [9.17, 15) is 4.39 Å². The highest BCUT2D eigenvalue weighted by Gasteiger charge is 2.07. The van der Waals surface area contributed by atoms with Crippen LogP contribution in [0.15, 0.2) is 21.7 Å². The zero-order chi connectivity index (χ0) is 12.8. The van der Waals surface area contributed by atoms with Gasteiger partial charge in [-0.3, -0.25) is 5.43 Å². The topological polar surface area (TPSA) is 95.8 Å². The van der Waals surface area contributed by atoms with Gasteiger partial charge in [0.15, 0.2) is 0 Å². The molecule has 1 N–H and O–H groups in total. The van der Waals surface area contributed by atoms with E-state index in [-0.39, 0.29) is 15.7 Å². The first-order valence-electron chi connectivity index (χ1n) is 4.15. The molecule has 0 aliphatic carbocycles. The molecule has 0 spiro atoms. The zero-order valence-electron chi connectivity index (χ0n) is 8.20. The highest BCUT2D eigenvalue weighted by Crippen LogP contribution is 2.24. The van der Waals surface area contributed by atoms with Crippen molar-refractivity contribution >= 4 is 27.3 Å². The predicted molar refractivity (Wildman–Crippen MR) is 61.1 cm³/mol. The molecule has 1 aromatic carbocycles. The molecule has 82 valence electrons. The molecule has 0 fully saturated rings. The summed E-state index contributed by atoms with van der Waals surface area (Å²) in [4.78, 5) is 0. The monoisotopic (exact) mass is 291 g/mol. The van der Waals surface area contributed by atoms with E-state index in [0.717, 1.165) is 6.07 Å². The summed E-state index contributed by atoms with van der Waals surface area (Å²) in [6.45, 7) is 0. The lowest BCUT2D eigenvalue weighted by molar-refractivity contribution is 0.621. The minimum atomic E-state index is -0.586. The van der Waals surface area contributed by atoms with Crippen LogP contribution in [0.1, 0.15) is 5.56 Å². The zero-order valence-corrected chi connectivity index (χ0v) is 9.79. The number of benzene rings is 1. The standard InChI is InChI=1S/C10H3BrFN5/c11-8-2-10(6(3-13)1-9(8)12)17-16-7(4-14)5-15/h1-2,17H. The van der Waals surface area contributed by atoms with Crippen LogP contribution in [0.5, 0.6) is 0 Å². The molecule has 0 saturated heterocycles. The second-order valence-electron chi connectivity index (χ2n) is 2.72. The van der Waals surface area contributed by atoms with Crippen molar-refractivity contribution in [3.05, 3.63) is 28.0 Å². The number of halogens is 2. The predicted octanol–water partition coefficient (Wildman–Crippen LogP) is 2.27. The summed E-state index contributed by atoms with van der Waals surface area (Å²) < 4.78 is 13.3. The molecule has 1 aromatic rings. The third-order valence-electron chi connectivity index (χ3n) is 1.68. The van der Waals surface area contributed by atoms with Crippen molar-refractivity contribution < 1.29 is 4.39 Å². The van der Waals surface area contributed by atoms with Gasteiger partial charge in [0.25, 0.3) is 0 Å². The lowest BCUT2D eigenvalue weighted by Gasteiger charge is -2.04. The fraction of sp³-hybridized carbons (Fsp3) is 0. The van der Waals surface area contributed by atoms with Gasteiger partial charge in [-0.05, 0) is 28.1 Å². The fourth-order valence-corrected chi connectivity index (χ4v) is 1.27. The van der Waals surface area contributed by atoms with Crippen molar-refractivity contribution in [1.29, 1.82) is 15.8 Å². The highest BCUT2D eigenvalue weighted by atomic mass is 79.9.